The molecule has 1 fully saturated rings. The predicted octanol–water partition coefficient (Wildman–Crippen LogP) is 0.958. The number of nitrogens with one attached hydrogen (secondary N) is 1. The molecule has 1 aromatic rings. The smallest absolute Gasteiger partial charge is 0.237 e. The number of carbonyl (C=O) groups excluding carboxylic acids is 2. The van der Waals surface area contributed by atoms with E-state index in [2.05, 4.69) is 5.32 Å². The van der Waals surface area contributed by atoms with Crippen molar-refractivity contribution < 1.29 is 22.4 Å². The number of hydrogen-bond donors (Lipinski definition) is 1. The average Bonchev–Trinajstić information content (AvgIpc) is 3.15. The summed E-state index contributed by atoms with van der Waals surface area (Å²) in [5.74, 6) is -0.114. The number of sulfone groups is 1. The molecule has 0 aliphatic carbocycles. The van der Waals surface area contributed by atoms with E-state index in [0.29, 0.717) is 18.7 Å². The lowest BCUT2D eigenvalue weighted by molar-refractivity contribution is -0.149. The second-order valence-corrected chi connectivity index (χ2v) is 8.76. The highest BCUT2D eigenvalue weighted by Crippen LogP contribution is 2.25. The summed E-state index contributed by atoms with van der Waals surface area (Å²) in [7, 11) is -3.10. The summed E-state index contributed by atoms with van der Waals surface area (Å²) < 4.78 is 28.5. The van der Waals surface area contributed by atoms with Crippen LogP contribution in [-0.2, 0) is 26.0 Å². The molecule has 1 aromatic heterocycles. The van der Waals surface area contributed by atoms with Gasteiger partial charge < -0.3 is 14.6 Å². The Morgan fingerprint density at radius 3 is 2.62 bits per heavy atom. The van der Waals surface area contributed by atoms with Gasteiger partial charge in [0.25, 0.3) is 0 Å². The van der Waals surface area contributed by atoms with Gasteiger partial charge in [-0.05, 0) is 39.3 Å². The minimum Gasteiger partial charge on any atom is -0.467 e. The standard InChI is InChI=1S/C16H24N2O5S/c1-4-18(12-7-9-24(21,22)11-12)15(20)16(2,3)14(19)17-10-13-6-5-8-23-13/h5-6,8,12H,4,7,9-11H2,1-3H3,(H,17,19). The van der Waals surface area contributed by atoms with Gasteiger partial charge in [-0.3, -0.25) is 9.59 Å². The average molecular weight is 356 g/mol. The first-order chi connectivity index (χ1) is 11.2. The maximum Gasteiger partial charge on any atom is 0.237 e. The Hall–Kier alpha value is -1.83. The fourth-order valence-corrected chi connectivity index (χ4v) is 4.58. The van der Waals surface area contributed by atoms with E-state index in [1.807, 2.05) is 0 Å². The Kier molecular flexibility index (Phi) is 5.37. The van der Waals surface area contributed by atoms with Crippen molar-refractivity contribution in [2.75, 3.05) is 18.1 Å². The van der Waals surface area contributed by atoms with Crippen molar-refractivity contribution in [3.05, 3.63) is 24.2 Å². The summed E-state index contributed by atoms with van der Waals surface area (Å²) in [4.78, 5) is 26.8. The minimum absolute atomic E-state index is 0.0311. The van der Waals surface area contributed by atoms with Crippen molar-refractivity contribution in [3.63, 3.8) is 0 Å². The van der Waals surface area contributed by atoms with E-state index in [1.165, 1.54) is 11.2 Å². The van der Waals surface area contributed by atoms with E-state index in [4.69, 9.17) is 4.42 Å². The van der Waals surface area contributed by atoms with Crippen molar-refractivity contribution in [1.82, 2.24) is 10.2 Å². The van der Waals surface area contributed by atoms with Crippen LogP contribution in [0, 0.1) is 5.41 Å². The molecule has 1 aliphatic rings. The second-order valence-electron chi connectivity index (χ2n) is 6.54. The van der Waals surface area contributed by atoms with Crippen LogP contribution in [0.2, 0.25) is 0 Å². The molecule has 0 spiro atoms. The second kappa shape index (κ2) is 6.96. The lowest BCUT2D eigenvalue weighted by Crippen LogP contribution is -2.52. The number of furan rings is 1. The van der Waals surface area contributed by atoms with E-state index in [-0.39, 0.29) is 30.0 Å². The SMILES string of the molecule is CCN(C(=O)C(C)(C)C(=O)NCc1ccco1)C1CCS(=O)(=O)C1. The Morgan fingerprint density at radius 2 is 2.12 bits per heavy atom. The Bertz CT molecular complexity index is 694. The topological polar surface area (TPSA) is 96.7 Å². The summed E-state index contributed by atoms with van der Waals surface area (Å²) >= 11 is 0. The van der Waals surface area contributed by atoms with Crippen molar-refractivity contribution in [2.24, 2.45) is 5.41 Å². The van der Waals surface area contributed by atoms with E-state index < -0.39 is 21.2 Å². The lowest BCUT2D eigenvalue weighted by Gasteiger charge is -2.33. The molecule has 2 rings (SSSR count). The molecule has 1 aliphatic heterocycles. The monoisotopic (exact) mass is 356 g/mol. The van der Waals surface area contributed by atoms with Gasteiger partial charge in [-0.25, -0.2) is 8.42 Å². The number of carbonyl (C=O) groups is 2. The van der Waals surface area contributed by atoms with Crippen LogP contribution < -0.4 is 5.32 Å². The largest absolute Gasteiger partial charge is 0.467 e. The molecule has 8 heteroatoms. The van der Waals surface area contributed by atoms with Crippen molar-refractivity contribution in [1.29, 1.82) is 0 Å². The zero-order valence-electron chi connectivity index (χ0n) is 14.2. The van der Waals surface area contributed by atoms with Gasteiger partial charge in [0, 0.05) is 12.6 Å². The third-order valence-electron chi connectivity index (χ3n) is 4.36. The van der Waals surface area contributed by atoms with E-state index in [9.17, 15) is 18.0 Å². The van der Waals surface area contributed by atoms with Gasteiger partial charge in [0.05, 0.1) is 24.3 Å². The molecule has 1 N–H and O–H groups in total. The Balaban J connectivity index is 2.05. The first-order valence-corrected chi connectivity index (χ1v) is 9.81. The summed E-state index contributed by atoms with van der Waals surface area (Å²) in [5.41, 5.74) is -1.28. The molecule has 24 heavy (non-hydrogen) atoms. The Morgan fingerprint density at radius 1 is 1.42 bits per heavy atom. The van der Waals surface area contributed by atoms with Crippen LogP contribution >= 0.6 is 0 Å². The molecule has 1 atom stereocenters. The lowest BCUT2D eigenvalue weighted by atomic mass is 9.89. The first-order valence-electron chi connectivity index (χ1n) is 7.99. The highest BCUT2D eigenvalue weighted by molar-refractivity contribution is 7.91. The van der Waals surface area contributed by atoms with E-state index >= 15 is 0 Å². The number of amides is 2. The van der Waals surface area contributed by atoms with Crippen LogP contribution in [0.1, 0.15) is 33.0 Å². The van der Waals surface area contributed by atoms with Crippen LogP contribution in [0.25, 0.3) is 0 Å². The van der Waals surface area contributed by atoms with Gasteiger partial charge in [-0.15, -0.1) is 0 Å². The number of rotatable bonds is 6. The first kappa shape index (κ1) is 18.5. The maximum atomic E-state index is 12.8. The molecule has 2 amide bonds. The third kappa shape index (κ3) is 3.98. The van der Waals surface area contributed by atoms with Gasteiger partial charge in [0.1, 0.15) is 11.2 Å². The van der Waals surface area contributed by atoms with E-state index in [0.717, 1.165) is 0 Å². The molecule has 1 saturated heterocycles. The zero-order valence-corrected chi connectivity index (χ0v) is 15.1. The third-order valence-corrected chi connectivity index (χ3v) is 6.11. The summed E-state index contributed by atoms with van der Waals surface area (Å²) in [6.45, 7) is 5.47. The van der Waals surface area contributed by atoms with Crippen molar-refractivity contribution in [3.8, 4) is 0 Å². The summed E-state index contributed by atoms with van der Waals surface area (Å²) in [5, 5.41) is 2.69. The van der Waals surface area contributed by atoms with Gasteiger partial charge in [-0.2, -0.15) is 0 Å². The quantitative estimate of drug-likeness (QED) is 0.766. The van der Waals surface area contributed by atoms with E-state index in [1.54, 1.807) is 32.9 Å². The van der Waals surface area contributed by atoms with Gasteiger partial charge in [-0.1, -0.05) is 0 Å². The molecule has 0 radical (unpaired) electrons. The zero-order chi connectivity index (χ0) is 18.0. The Labute approximate surface area is 142 Å². The summed E-state index contributed by atoms with van der Waals surface area (Å²) in [6, 6.07) is 3.10. The van der Waals surface area contributed by atoms with Crippen molar-refractivity contribution >= 4 is 21.7 Å². The fraction of sp³-hybridized carbons (Fsp3) is 0.625. The van der Waals surface area contributed by atoms with Gasteiger partial charge in [0.2, 0.25) is 11.8 Å². The molecule has 0 saturated carbocycles. The van der Waals surface area contributed by atoms with Crippen LogP contribution in [0.5, 0.6) is 0 Å². The number of nitrogens with zero attached hydrogens (tertiary/aromatic N) is 1. The van der Waals surface area contributed by atoms with Crippen molar-refractivity contribution in [2.45, 2.75) is 39.8 Å². The molecule has 0 aromatic carbocycles. The molecule has 1 unspecified atom stereocenters. The summed E-state index contributed by atoms with van der Waals surface area (Å²) in [6.07, 6.45) is 1.93. The highest BCUT2D eigenvalue weighted by Gasteiger charge is 2.43. The number of hydrogen-bond acceptors (Lipinski definition) is 5. The van der Waals surface area contributed by atoms with Crippen LogP contribution in [0.15, 0.2) is 22.8 Å². The van der Waals surface area contributed by atoms with Crippen LogP contribution in [0.4, 0.5) is 0 Å². The maximum absolute atomic E-state index is 12.8. The van der Waals surface area contributed by atoms with Crippen LogP contribution in [0.3, 0.4) is 0 Å². The normalized spacial score (nSPS) is 19.9. The van der Waals surface area contributed by atoms with Gasteiger partial charge in [0.15, 0.2) is 9.84 Å². The molecule has 134 valence electrons. The molecular formula is C16H24N2O5S. The van der Waals surface area contributed by atoms with Crippen LogP contribution in [-0.4, -0.2) is 49.2 Å². The predicted molar refractivity (Wildman–Crippen MR) is 88.8 cm³/mol. The molecule has 0 bridgehead atoms. The molecule has 2 heterocycles. The molecule has 7 nitrogen and oxygen atoms in total. The highest BCUT2D eigenvalue weighted by atomic mass is 32.2. The van der Waals surface area contributed by atoms with Gasteiger partial charge >= 0.3 is 0 Å². The minimum atomic E-state index is -3.10. The molecular weight excluding hydrogens is 332 g/mol. The fourth-order valence-electron chi connectivity index (χ4n) is 2.85.